The average molecular weight is 315 g/mol. The highest BCUT2D eigenvalue weighted by Gasteiger charge is 2.27. The molecule has 6 heteroatoms. The molecule has 3 nitrogen and oxygen atoms in total. The maximum atomic E-state index is 11.9. The topological polar surface area (TPSA) is 38.3 Å². The smallest absolute Gasteiger partial charge is 0.372 e. The average Bonchev–Trinajstić information content (AvgIpc) is 2.48. The van der Waals surface area contributed by atoms with Gasteiger partial charge in [-0.25, -0.2) is 0 Å². The van der Waals surface area contributed by atoms with Crippen LogP contribution in [0.5, 0.6) is 0 Å². The minimum atomic E-state index is -4.34. The van der Waals surface area contributed by atoms with Crippen LogP contribution in [0.15, 0.2) is 24.3 Å². The summed E-state index contributed by atoms with van der Waals surface area (Å²) in [6.07, 6.45) is -1.23. The van der Waals surface area contributed by atoms with Crippen molar-refractivity contribution in [2.45, 2.75) is 37.8 Å². The summed E-state index contributed by atoms with van der Waals surface area (Å²) in [7, 11) is 0. The zero-order valence-corrected chi connectivity index (χ0v) is 12.3. The molecular formula is C16H20F3NO2. The number of amides is 1. The van der Waals surface area contributed by atoms with Crippen molar-refractivity contribution in [3.05, 3.63) is 35.4 Å². The number of carbonyl (C=O) groups excluding carboxylic acids is 1. The van der Waals surface area contributed by atoms with Gasteiger partial charge in [-0.05, 0) is 30.4 Å². The zero-order valence-electron chi connectivity index (χ0n) is 12.3. The maximum Gasteiger partial charge on any atom is 0.411 e. The van der Waals surface area contributed by atoms with Crippen molar-refractivity contribution >= 4 is 5.91 Å². The van der Waals surface area contributed by atoms with Crippen LogP contribution in [0.2, 0.25) is 0 Å². The number of rotatable bonds is 6. The summed E-state index contributed by atoms with van der Waals surface area (Å²) < 4.78 is 40.1. The Kier molecular flexibility index (Phi) is 5.83. The van der Waals surface area contributed by atoms with E-state index in [1.54, 1.807) is 0 Å². The summed E-state index contributed by atoms with van der Waals surface area (Å²) in [6, 6.07) is 8.19. The van der Waals surface area contributed by atoms with Crippen molar-refractivity contribution in [1.29, 1.82) is 0 Å². The van der Waals surface area contributed by atoms with Gasteiger partial charge in [0.15, 0.2) is 0 Å². The van der Waals surface area contributed by atoms with Crippen LogP contribution in [0.1, 0.15) is 36.3 Å². The van der Waals surface area contributed by atoms with E-state index in [1.165, 1.54) is 11.1 Å². The Morgan fingerprint density at radius 1 is 1.32 bits per heavy atom. The normalized spacial score (nSPS) is 17.9. The van der Waals surface area contributed by atoms with Crippen LogP contribution in [0.25, 0.3) is 0 Å². The molecule has 0 saturated heterocycles. The van der Waals surface area contributed by atoms with Crippen LogP contribution >= 0.6 is 0 Å². The van der Waals surface area contributed by atoms with Crippen LogP contribution in [0, 0.1) is 0 Å². The fourth-order valence-electron chi connectivity index (χ4n) is 2.74. The van der Waals surface area contributed by atoms with Gasteiger partial charge < -0.3 is 10.1 Å². The Hall–Kier alpha value is -1.56. The second-order valence-electron chi connectivity index (χ2n) is 5.51. The molecule has 1 aliphatic carbocycles. The molecule has 1 amide bonds. The Morgan fingerprint density at radius 3 is 2.86 bits per heavy atom. The summed E-state index contributed by atoms with van der Waals surface area (Å²) in [4.78, 5) is 11.6. The molecule has 122 valence electrons. The molecule has 2 rings (SSSR count). The first-order valence-corrected chi connectivity index (χ1v) is 7.45. The van der Waals surface area contributed by atoms with E-state index in [1.807, 2.05) is 12.1 Å². The molecule has 1 aromatic rings. The molecule has 22 heavy (non-hydrogen) atoms. The van der Waals surface area contributed by atoms with Crippen LogP contribution in [-0.2, 0) is 16.0 Å². The number of nitrogens with one attached hydrogen (secondary N) is 1. The van der Waals surface area contributed by atoms with E-state index < -0.39 is 12.8 Å². The maximum absolute atomic E-state index is 11.9. The van der Waals surface area contributed by atoms with Crippen molar-refractivity contribution in [3.63, 3.8) is 0 Å². The van der Waals surface area contributed by atoms with E-state index in [0.29, 0.717) is 6.54 Å². The number of hydrogen-bond donors (Lipinski definition) is 1. The van der Waals surface area contributed by atoms with E-state index in [0.717, 1.165) is 19.3 Å². The molecule has 1 N–H and O–H groups in total. The van der Waals surface area contributed by atoms with E-state index in [9.17, 15) is 18.0 Å². The highest BCUT2D eigenvalue weighted by atomic mass is 19.4. The summed E-state index contributed by atoms with van der Waals surface area (Å²) in [5, 5.41) is 2.79. The number of ether oxygens (including phenoxy) is 1. The molecule has 0 aromatic heterocycles. The molecule has 0 bridgehead atoms. The van der Waals surface area contributed by atoms with Crippen LogP contribution in [-0.4, -0.2) is 31.8 Å². The lowest BCUT2D eigenvalue weighted by Gasteiger charge is -2.25. The monoisotopic (exact) mass is 315 g/mol. The van der Waals surface area contributed by atoms with E-state index in [-0.39, 0.29) is 24.9 Å². The number of hydrogen-bond acceptors (Lipinski definition) is 2. The van der Waals surface area contributed by atoms with Crippen molar-refractivity contribution in [2.24, 2.45) is 0 Å². The van der Waals surface area contributed by atoms with Crippen LogP contribution in [0.4, 0.5) is 13.2 Å². The van der Waals surface area contributed by atoms with Gasteiger partial charge in [-0.2, -0.15) is 13.2 Å². The van der Waals surface area contributed by atoms with Gasteiger partial charge in [-0.3, -0.25) is 4.79 Å². The third kappa shape index (κ3) is 5.33. The first-order chi connectivity index (χ1) is 10.5. The second kappa shape index (κ2) is 7.63. The highest BCUT2D eigenvalue weighted by molar-refractivity contribution is 5.76. The molecular weight excluding hydrogens is 295 g/mol. The summed E-state index contributed by atoms with van der Waals surface area (Å²) in [5.41, 5.74) is 2.59. The van der Waals surface area contributed by atoms with Gasteiger partial charge in [-0.1, -0.05) is 24.3 Å². The standard InChI is InChI=1S/C16H20F3NO2/c17-16(18,19)11-22-9-8-15(21)20-10-13-6-3-5-12-4-1-2-7-14(12)13/h1-2,4,7,13H,3,5-6,8-11H2,(H,20,21). The van der Waals surface area contributed by atoms with Crippen molar-refractivity contribution in [2.75, 3.05) is 19.8 Å². The third-order valence-electron chi connectivity index (χ3n) is 3.78. The number of aryl methyl sites for hydroxylation is 1. The van der Waals surface area contributed by atoms with Gasteiger partial charge in [0, 0.05) is 18.9 Å². The zero-order chi connectivity index (χ0) is 16.0. The number of halogens is 3. The molecule has 0 heterocycles. The van der Waals surface area contributed by atoms with Gasteiger partial charge in [-0.15, -0.1) is 0 Å². The molecule has 1 aliphatic rings. The Bertz CT molecular complexity index is 502. The van der Waals surface area contributed by atoms with Crippen LogP contribution in [0.3, 0.4) is 0 Å². The molecule has 0 spiro atoms. The number of benzene rings is 1. The second-order valence-corrected chi connectivity index (χ2v) is 5.51. The quantitative estimate of drug-likeness (QED) is 0.819. The predicted molar refractivity (Wildman–Crippen MR) is 76.6 cm³/mol. The molecule has 0 aliphatic heterocycles. The summed E-state index contributed by atoms with van der Waals surface area (Å²) in [5.74, 6) is 0.00947. The molecule has 0 fully saturated rings. The molecule has 0 saturated carbocycles. The summed E-state index contributed by atoms with van der Waals surface area (Å²) >= 11 is 0. The Morgan fingerprint density at radius 2 is 2.09 bits per heavy atom. The lowest BCUT2D eigenvalue weighted by atomic mass is 9.83. The molecule has 1 aromatic carbocycles. The van der Waals surface area contributed by atoms with E-state index in [2.05, 4.69) is 22.2 Å². The number of carbonyl (C=O) groups is 1. The van der Waals surface area contributed by atoms with Crippen LogP contribution < -0.4 is 5.32 Å². The minimum Gasteiger partial charge on any atom is -0.372 e. The predicted octanol–water partition coefficient (Wildman–Crippen LogP) is 3.19. The fourth-order valence-corrected chi connectivity index (χ4v) is 2.74. The van der Waals surface area contributed by atoms with Gasteiger partial charge in [0.25, 0.3) is 0 Å². The Labute approximate surface area is 127 Å². The Balaban J connectivity index is 1.71. The highest BCUT2D eigenvalue weighted by Crippen LogP contribution is 2.30. The van der Waals surface area contributed by atoms with E-state index in [4.69, 9.17) is 0 Å². The molecule has 1 unspecified atom stereocenters. The van der Waals surface area contributed by atoms with Crippen molar-refractivity contribution in [3.8, 4) is 0 Å². The van der Waals surface area contributed by atoms with Crippen molar-refractivity contribution < 1.29 is 22.7 Å². The summed E-state index contributed by atoms with van der Waals surface area (Å²) in [6.45, 7) is -1.00. The van der Waals surface area contributed by atoms with Crippen molar-refractivity contribution in [1.82, 2.24) is 5.32 Å². The first kappa shape index (κ1) is 16.8. The third-order valence-corrected chi connectivity index (χ3v) is 3.78. The molecule has 0 radical (unpaired) electrons. The van der Waals surface area contributed by atoms with Gasteiger partial charge >= 0.3 is 6.18 Å². The lowest BCUT2D eigenvalue weighted by molar-refractivity contribution is -0.174. The van der Waals surface area contributed by atoms with Gasteiger partial charge in [0.2, 0.25) is 5.91 Å². The van der Waals surface area contributed by atoms with Gasteiger partial charge in [0.05, 0.1) is 6.61 Å². The SMILES string of the molecule is O=C(CCOCC(F)(F)F)NCC1CCCc2ccccc21. The molecule has 1 atom stereocenters. The van der Waals surface area contributed by atoms with E-state index >= 15 is 0 Å². The lowest BCUT2D eigenvalue weighted by Crippen LogP contribution is -2.31. The number of alkyl halides is 3. The largest absolute Gasteiger partial charge is 0.411 e. The first-order valence-electron chi connectivity index (χ1n) is 7.45. The van der Waals surface area contributed by atoms with Gasteiger partial charge in [0.1, 0.15) is 6.61 Å². The fraction of sp³-hybridized carbons (Fsp3) is 0.562. The number of fused-ring (bicyclic) bond motifs is 1. The minimum absolute atomic E-state index is 0.0511.